The van der Waals surface area contributed by atoms with Crippen molar-refractivity contribution in [2.75, 3.05) is 11.9 Å². The fourth-order valence-corrected chi connectivity index (χ4v) is 4.36. The minimum atomic E-state index is -0.364. The van der Waals surface area contributed by atoms with Crippen molar-refractivity contribution < 1.29 is 19.1 Å². The SMILES string of the molecule is Cc1ccc(Oc2ccccc2NC(=O)COC(=O)C2CC3CCC2C3)cc1. The number of anilines is 1. The molecule has 28 heavy (non-hydrogen) atoms. The van der Waals surface area contributed by atoms with Crippen LogP contribution in [0.5, 0.6) is 11.5 Å². The van der Waals surface area contributed by atoms with Gasteiger partial charge in [-0.05, 0) is 62.3 Å². The largest absolute Gasteiger partial charge is 0.455 e. The van der Waals surface area contributed by atoms with E-state index in [9.17, 15) is 9.59 Å². The molecule has 2 fully saturated rings. The summed E-state index contributed by atoms with van der Waals surface area (Å²) in [4.78, 5) is 24.6. The van der Waals surface area contributed by atoms with Crippen molar-refractivity contribution in [1.29, 1.82) is 0 Å². The number of amides is 1. The van der Waals surface area contributed by atoms with Crippen LogP contribution in [0.25, 0.3) is 0 Å². The number of carbonyl (C=O) groups is 2. The highest BCUT2D eigenvalue weighted by Gasteiger charge is 2.44. The highest BCUT2D eigenvalue weighted by Crippen LogP contribution is 2.48. The Morgan fingerprint density at radius 3 is 2.54 bits per heavy atom. The first-order valence-corrected chi connectivity index (χ1v) is 9.88. The van der Waals surface area contributed by atoms with Crippen LogP contribution in [-0.4, -0.2) is 18.5 Å². The molecule has 5 nitrogen and oxygen atoms in total. The molecule has 1 N–H and O–H groups in total. The Kier molecular flexibility index (Phi) is 5.33. The standard InChI is InChI=1S/C23H25NO4/c1-15-6-10-18(11-7-15)28-21-5-3-2-4-20(21)24-22(25)14-27-23(26)19-13-16-8-9-17(19)12-16/h2-7,10-11,16-17,19H,8-9,12-14H2,1H3,(H,24,25). The highest BCUT2D eigenvalue weighted by atomic mass is 16.5. The van der Waals surface area contributed by atoms with E-state index in [1.807, 2.05) is 43.3 Å². The number of nitrogens with one attached hydrogen (secondary N) is 1. The molecule has 2 aliphatic rings. The monoisotopic (exact) mass is 379 g/mol. The second-order valence-electron chi connectivity index (χ2n) is 7.85. The number of hydrogen-bond donors (Lipinski definition) is 1. The maximum absolute atomic E-state index is 12.3. The number of hydrogen-bond acceptors (Lipinski definition) is 4. The van der Waals surface area contributed by atoms with Crippen LogP contribution >= 0.6 is 0 Å². The first kappa shape index (κ1) is 18.5. The average Bonchev–Trinajstić information content (AvgIpc) is 3.33. The van der Waals surface area contributed by atoms with Crippen LogP contribution in [0.2, 0.25) is 0 Å². The van der Waals surface area contributed by atoms with Crippen LogP contribution in [0.3, 0.4) is 0 Å². The number of carbonyl (C=O) groups excluding carboxylic acids is 2. The third-order valence-corrected chi connectivity index (χ3v) is 5.80. The lowest BCUT2D eigenvalue weighted by atomic mass is 9.89. The number of para-hydroxylation sites is 2. The van der Waals surface area contributed by atoms with Gasteiger partial charge in [0.25, 0.3) is 5.91 Å². The van der Waals surface area contributed by atoms with Gasteiger partial charge in [0.2, 0.25) is 0 Å². The molecule has 2 bridgehead atoms. The lowest BCUT2D eigenvalue weighted by molar-refractivity contribution is -0.153. The van der Waals surface area contributed by atoms with Gasteiger partial charge in [-0.3, -0.25) is 9.59 Å². The maximum Gasteiger partial charge on any atom is 0.309 e. The molecule has 0 heterocycles. The van der Waals surface area contributed by atoms with Gasteiger partial charge >= 0.3 is 5.97 Å². The van der Waals surface area contributed by atoms with Crippen molar-refractivity contribution in [3.05, 3.63) is 54.1 Å². The van der Waals surface area contributed by atoms with E-state index in [4.69, 9.17) is 9.47 Å². The molecule has 2 aromatic carbocycles. The van der Waals surface area contributed by atoms with Crippen molar-refractivity contribution in [2.24, 2.45) is 17.8 Å². The predicted octanol–water partition coefficient (Wildman–Crippen LogP) is 4.71. The normalized spacial score (nSPS) is 22.7. The van der Waals surface area contributed by atoms with Crippen LogP contribution in [0.4, 0.5) is 5.69 Å². The van der Waals surface area contributed by atoms with Gasteiger partial charge in [0, 0.05) is 0 Å². The minimum absolute atomic E-state index is 0.0243. The van der Waals surface area contributed by atoms with Crippen molar-refractivity contribution in [3.8, 4) is 11.5 Å². The van der Waals surface area contributed by atoms with Crippen LogP contribution in [0.1, 0.15) is 31.2 Å². The minimum Gasteiger partial charge on any atom is -0.455 e. The highest BCUT2D eigenvalue weighted by molar-refractivity contribution is 5.94. The Labute approximate surface area is 165 Å². The van der Waals surface area contributed by atoms with Crippen LogP contribution in [0, 0.1) is 24.7 Å². The second kappa shape index (κ2) is 8.05. The molecule has 146 valence electrons. The summed E-state index contributed by atoms with van der Waals surface area (Å²) < 4.78 is 11.2. The topological polar surface area (TPSA) is 64.6 Å². The molecule has 2 aromatic rings. The van der Waals surface area contributed by atoms with Crippen molar-refractivity contribution >= 4 is 17.6 Å². The van der Waals surface area contributed by atoms with Crippen LogP contribution in [-0.2, 0) is 14.3 Å². The van der Waals surface area contributed by atoms with E-state index >= 15 is 0 Å². The van der Waals surface area contributed by atoms with Gasteiger partial charge in [0.15, 0.2) is 12.4 Å². The van der Waals surface area contributed by atoms with E-state index in [1.54, 1.807) is 12.1 Å². The van der Waals surface area contributed by atoms with Crippen LogP contribution in [0.15, 0.2) is 48.5 Å². The number of rotatable bonds is 6. The molecule has 5 heteroatoms. The lowest BCUT2D eigenvalue weighted by Gasteiger charge is -2.19. The molecule has 0 aliphatic heterocycles. The van der Waals surface area contributed by atoms with Gasteiger partial charge in [-0.2, -0.15) is 0 Å². The molecule has 0 radical (unpaired) electrons. The fraction of sp³-hybridized carbons (Fsp3) is 0.391. The Bertz CT molecular complexity index is 861. The molecular formula is C23H25NO4. The number of ether oxygens (including phenoxy) is 2. The summed E-state index contributed by atoms with van der Waals surface area (Å²) in [6.07, 6.45) is 4.39. The van der Waals surface area contributed by atoms with Crippen molar-refractivity contribution in [3.63, 3.8) is 0 Å². The first-order chi connectivity index (χ1) is 13.6. The van der Waals surface area contributed by atoms with Gasteiger partial charge in [-0.1, -0.05) is 36.2 Å². The summed E-state index contributed by atoms with van der Waals surface area (Å²) in [5.74, 6) is 1.73. The lowest BCUT2D eigenvalue weighted by Crippen LogP contribution is -2.27. The molecule has 4 rings (SSSR count). The third kappa shape index (κ3) is 4.19. The Hall–Kier alpha value is -2.82. The molecule has 0 saturated heterocycles. The van der Waals surface area contributed by atoms with Crippen molar-refractivity contribution in [1.82, 2.24) is 0 Å². The molecule has 2 saturated carbocycles. The quantitative estimate of drug-likeness (QED) is 0.739. The molecule has 3 unspecified atom stereocenters. The van der Waals surface area contributed by atoms with E-state index in [0.29, 0.717) is 29.0 Å². The third-order valence-electron chi connectivity index (χ3n) is 5.80. The van der Waals surface area contributed by atoms with Crippen LogP contribution < -0.4 is 10.1 Å². The molecule has 3 atom stereocenters. The average molecular weight is 379 g/mol. The number of aryl methyl sites for hydroxylation is 1. The smallest absolute Gasteiger partial charge is 0.309 e. The van der Waals surface area contributed by atoms with Gasteiger partial charge in [0.05, 0.1) is 11.6 Å². The molecule has 2 aliphatic carbocycles. The van der Waals surface area contributed by atoms with E-state index in [2.05, 4.69) is 5.32 Å². The van der Waals surface area contributed by atoms with Gasteiger partial charge < -0.3 is 14.8 Å². The van der Waals surface area contributed by atoms with Gasteiger partial charge in [0.1, 0.15) is 5.75 Å². The number of fused-ring (bicyclic) bond motifs is 2. The molecular weight excluding hydrogens is 354 g/mol. The number of esters is 1. The summed E-state index contributed by atoms with van der Waals surface area (Å²) in [6.45, 7) is 1.74. The zero-order chi connectivity index (χ0) is 19.5. The maximum atomic E-state index is 12.3. The van der Waals surface area contributed by atoms with E-state index in [1.165, 1.54) is 6.42 Å². The summed E-state index contributed by atoms with van der Waals surface area (Å²) in [6, 6.07) is 14.9. The zero-order valence-corrected chi connectivity index (χ0v) is 16.0. The Morgan fingerprint density at radius 2 is 1.82 bits per heavy atom. The van der Waals surface area contributed by atoms with E-state index in [-0.39, 0.29) is 24.4 Å². The Morgan fingerprint density at radius 1 is 1.04 bits per heavy atom. The summed E-state index contributed by atoms with van der Waals surface area (Å²) >= 11 is 0. The molecule has 1 amide bonds. The second-order valence-corrected chi connectivity index (χ2v) is 7.85. The zero-order valence-electron chi connectivity index (χ0n) is 16.0. The van der Waals surface area contributed by atoms with Gasteiger partial charge in [-0.15, -0.1) is 0 Å². The summed E-state index contributed by atoms with van der Waals surface area (Å²) in [7, 11) is 0. The number of benzene rings is 2. The summed E-state index contributed by atoms with van der Waals surface area (Å²) in [5.41, 5.74) is 1.69. The first-order valence-electron chi connectivity index (χ1n) is 9.88. The predicted molar refractivity (Wildman–Crippen MR) is 106 cm³/mol. The van der Waals surface area contributed by atoms with Gasteiger partial charge in [-0.25, -0.2) is 0 Å². The molecule has 0 spiro atoms. The van der Waals surface area contributed by atoms with E-state index < -0.39 is 0 Å². The summed E-state index contributed by atoms with van der Waals surface area (Å²) in [5, 5.41) is 2.78. The van der Waals surface area contributed by atoms with Crippen molar-refractivity contribution in [2.45, 2.75) is 32.6 Å². The molecule has 0 aromatic heterocycles. The Balaban J connectivity index is 1.33. The van der Waals surface area contributed by atoms with E-state index in [0.717, 1.165) is 24.8 Å². The fourth-order valence-electron chi connectivity index (χ4n) is 4.36.